The number of likely N-dealkylation sites (tertiary alicyclic amines) is 1. The quantitative estimate of drug-likeness (QED) is 0.592. The number of aromatic nitrogens is 2. The van der Waals surface area contributed by atoms with Gasteiger partial charge in [0.2, 0.25) is 0 Å². The highest BCUT2D eigenvalue weighted by Crippen LogP contribution is 2.23. The van der Waals surface area contributed by atoms with Crippen LogP contribution in [0.1, 0.15) is 57.5 Å². The van der Waals surface area contributed by atoms with E-state index in [4.69, 9.17) is 0 Å². The van der Waals surface area contributed by atoms with Gasteiger partial charge in [-0.1, -0.05) is 6.92 Å². The average molecular weight is 377 g/mol. The van der Waals surface area contributed by atoms with Crippen molar-refractivity contribution in [2.24, 2.45) is 18.0 Å². The number of rotatable bonds is 6. The highest BCUT2D eigenvalue weighted by atomic mass is 15.3. The van der Waals surface area contributed by atoms with Crippen molar-refractivity contribution >= 4 is 5.96 Å². The zero-order chi connectivity index (χ0) is 20.2. The predicted molar refractivity (Wildman–Crippen MR) is 114 cm³/mol. The van der Waals surface area contributed by atoms with Crippen LogP contribution < -0.4 is 10.6 Å². The molecule has 1 aromatic heterocycles. The van der Waals surface area contributed by atoms with E-state index < -0.39 is 0 Å². The smallest absolute Gasteiger partial charge is 0.191 e. The van der Waals surface area contributed by atoms with Gasteiger partial charge in [0.1, 0.15) is 0 Å². The maximum absolute atomic E-state index is 4.53. The second kappa shape index (κ2) is 9.09. The minimum absolute atomic E-state index is 0.117. The summed E-state index contributed by atoms with van der Waals surface area (Å²) in [6.45, 7) is 16.7. The van der Waals surface area contributed by atoms with E-state index in [0.29, 0.717) is 0 Å². The Morgan fingerprint density at radius 2 is 2.07 bits per heavy atom. The maximum atomic E-state index is 4.53. The van der Waals surface area contributed by atoms with Crippen LogP contribution >= 0.6 is 0 Å². The Morgan fingerprint density at radius 3 is 2.63 bits per heavy atom. The maximum Gasteiger partial charge on any atom is 0.191 e. The fraction of sp³-hybridized carbons (Fsp3) is 0.810. The fourth-order valence-electron chi connectivity index (χ4n) is 4.05. The molecule has 6 heteroatoms. The van der Waals surface area contributed by atoms with E-state index in [-0.39, 0.29) is 11.6 Å². The van der Waals surface area contributed by atoms with Gasteiger partial charge < -0.3 is 10.6 Å². The number of aliphatic imine (C=N–C) groups is 1. The second-order valence-corrected chi connectivity index (χ2v) is 8.95. The fourth-order valence-corrected chi connectivity index (χ4v) is 4.05. The molecule has 1 aliphatic rings. The van der Waals surface area contributed by atoms with Gasteiger partial charge in [0.15, 0.2) is 5.96 Å². The minimum Gasteiger partial charge on any atom is -0.355 e. The summed E-state index contributed by atoms with van der Waals surface area (Å²) in [7, 11) is 3.85. The summed E-state index contributed by atoms with van der Waals surface area (Å²) < 4.78 is 1.96. The first kappa shape index (κ1) is 21.7. The van der Waals surface area contributed by atoms with Crippen molar-refractivity contribution in [3.05, 3.63) is 17.0 Å². The second-order valence-electron chi connectivity index (χ2n) is 8.95. The zero-order valence-corrected chi connectivity index (χ0v) is 18.7. The summed E-state index contributed by atoms with van der Waals surface area (Å²) in [6.07, 6.45) is 3.60. The van der Waals surface area contributed by atoms with Gasteiger partial charge in [0, 0.05) is 44.5 Å². The van der Waals surface area contributed by atoms with Crippen molar-refractivity contribution in [3.8, 4) is 0 Å². The standard InChI is InChI=1S/C21H40N6/c1-15-10-9-11-27(13-15)21(5,6)14-23-20(22-7)24-16(2)12-19-17(3)25-26(8)18(19)4/h15-16H,9-14H2,1-8H3,(H2,22,23,24). The lowest BCUT2D eigenvalue weighted by Crippen LogP contribution is -2.56. The van der Waals surface area contributed by atoms with Gasteiger partial charge in [-0.25, -0.2) is 0 Å². The molecule has 0 saturated carbocycles. The molecule has 2 N–H and O–H groups in total. The van der Waals surface area contributed by atoms with Crippen LogP contribution in [-0.4, -0.2) is 58.9 Å². The normalized spacial score (nSPS) is 20.6. The first-order chi connectivity index (χ1) is 12.6. The van der Waals surface area contributed by atoms with Gasteiger partial charge in [-0.05, 0) is 71.9 Å². The molecule has 1 aliphatic heterocycles. The van der Waals surface area contributed by atoms with Crippen LogP contribution in [0.15, 0.2) is 4.99 Å². The van der Waals surface area contributed by atoms with Gasteiger partial charge in [0.25, 0.3) is 0 Å². The molecule has 2 rings (SSSR count). The van der Waals surface area contributed by atoms with Crippen molar-refractivity contribution in [1.29, 1.82) is 0 Å². The highest BCUT2D eigenvalue weighted by Gasteiger charge is 2.30. The number of hydrogen-bond acceptors (Lipinski definition) is 3. The molecule has 0 amide bonds. The Hall–Kier alpha value is -1.56. The molecule has 0 spiro atoms. The average Bonchev–Trinajstić information content (AvgIpc) is 2.84. The first-order valence-corrected chi connectivity index (χ1v) is 10.4. The lowest BCUT2D eigenvalue weighted by molar-refractivity contribution is 0.0739. The summed E-state index contributed by atoms with van der Waals surface area (Å²) in [6, 6.07) is 0.288. The van der Waals surface area contributed by atoms with Crippen LogP contribution in [0.3, 0.4) is 0 Å². The van der Waals surface area contributed by atoms with E-state index in [1.807, 2.05) is 18.8 Å². The lowest BCUT2D eigenvalue weighted by Gasteiger charge is -2.43. The molecular formula is C21H40N6. The summed E-state index contributed by atoms with van der Waals surface area (Å²) >= 11 is 0. The van der Waals surface area contributed by atoms with E-state index in [2.05, 4.69) is 67.2 Å². The van der Waals surface area contributed by atoms with Gasteiger partial charge in [-0.15, -0.1) is 0 Å². The molecule has 0 bridgehead atoms. The van der Waals surface area contributed by atoms with Gasteiger partial charge >= 0.3 is 0 Å². The van der Waals surface area contributed by atoms with Crippen molar-refractivity contribution in [3.63, 3.8) is 0 Å². The molecular weight excluding hydrogens is 336 g/mol. The first-order valence-electron chi connectivity index (χ1n) is 10.4. The Bertz CT molecular complexity index is 645. The molecule has 6 nitrogen and oxygen atoms in total. The van der Waals surface area contributed by atoms with Crippen molar-refractivity contribution in [1.82, 2.24) is 25.3 Å². The molecule has 2 heterocycles. The number of nitrogens with one attached hydrogen (secondary N) is 2. The molecule has 0 radical (unpaired) electrons. The molecule has 27 heavy (non-hydrogen) atoms. The number of piperidine rings is 1. The summed E-state index contributed by atoms with van der Waals surface area (Å²) in [5.41, 5.74) is 3.80. The third-order valence-electron chi connectivity index (χ3n) is 5.98. The van der Waals surface area contributed by atoms with Crippen LogP contribution in [0.25, 0.3) is 0 Å². The largest absolute Gasteiger partial charge is 0.355 e. The van der Waals surface area contributed by atoms with E-state index in [1.165, 1.54) is 37.2 Å². The molecule has 2 unspecified atom stereocenters. The van der Waals surface area contributed by atoms with E-state index in [9.17, 15) is 0 Å². The number of nitrogens with zero attached hydrogens (tertiary/aromatic N) is 4. The molecule has 1 fully saturated rings. The third-order valence-corrected chi connectivity index (χ3v) is 5.98. The van der Waals surface area contributed by atoms with Crippen LogP contribution in [0.5, 0.6) is 0 Å². The highest BCUT2D eigenvalue weighted by molar-refractivity contribution is 5.80. The molecule has 0 aromatic carbocycles. The van der Waals surface area contributed by atoms with Crippen LogP contribution in [-0.2, 0) is 13.5 Å². The van der Waals surface area contributed by atoms with Gasteiger partial charge in [-0.2, -0.15) is 5.10 Å². The Balaban J connectivity index is 1.89. The number of hydrogen-bond donors (Lipinski definition) is 2. The van der Waals surface area contributed by atoms with E-state index in [1.54, 1.807) is 0 Å². The SMILES string of the molecule is CN=C(NCC(C)(C)N1CCCC(C)C1)NC(C)Cc1c(C)nn(C)c1C. The van der Waals surface area contributed by atoms with E-state index in [0.717, 1.165) is 30.5 Å². The van der Waals surface area contributed by atoms with Gasteiger partial charge in [0.05, 0.1) is 5.69 Å². The molecule has 0 aliphatic carbocycles. The van der Waals surface area contributed by atoms with Gasteiger partial charge in [-0.3, -0.25) is 14.6 Å². The minimum atomic E-state index is 0.117. The summed E-state index contributed by atoms with van der Waals surface area (Å²) in [4.78, 5) is 7.06. The third kappa shape index (κ3) is 5.71. The van der Waals surface area contributed by atoms with Crippen LogP contribution in [0.2, 0.25) is 0 Å². The Labute approximate surface area is 165 Å². The zero-order valence-electron chi connectivity index (χ0n) is 18.7. The summed E-state index contributed by atoms with van der Waals surface area (Å²) in [5, 5.41) is 11.6. The van der Waals surface area contributed by atoms with Crippen LogP contribution in [0.4, 0.5) is 0 Å². The number of aryl methyl sites for hydroxylation is 2. The molecule has 154 valence electrons. The van der Waals surface area contributed by atoms with E-state index >= 15 is 0 Å². The predicted octanol–water partition coefficient (Wildman–Crippen LogP) is 2.64. The monoisotopic (exact) mass is 376 g/mol. The Kier molecular flexibility index (Phi) is 7.32. The van der Waals surface area contributed by atoms with Crippen LogP contribution in [0, 0.1) is 19.8 Å². The lowest BCUT2D eigenvalue weighted by atomic mass is 9.93. The molecule has 2 atom stereocenters. The topological polar surface area (TPSA) is 57.5 Å². The van der Waals surface area contributed by atoms with Crippen molar-refractivity contribution < 1.29 is 0 Å². The van der Waals surface area contributed by atoms with Crippen molar-refractivity contribution in [2.75, 3.05) is 26.7 Å². The molecule has 1 aromatic rings. The van der Waals surface area contributed by atoms with Crippen molar-refractivity contribution in [2.45, 2.75) is 72.4 Å². The molecule has 1 saturated heterocycles. The Morgan fingerprint density at radius 1 is 1.37 bits per heavy atom. The number of guanidine groups is 1. The summed E-state index contributed by atoms with van der Waals surface area (Å²) in [5.74, 6) is 1.67.